The first-order valence-electron chi connectivity index (χ1n) is 5.99. The zero-order chi connectivity index (χ0) is 12.8. The molecule has 0 saturated heterocycles. The molecule has 0 aliphatic rings. The highest BCUT2D eigenvalue weighted by atomic mass is 16.4. The maximum Gasteiger partial charge on any atom is 0.220 e. The van der Waals surface area contributed by atoms with Gasteiger partial charge in [0, 0.05) is 6.42 Å². The molecule has 4 heteroatoms. The Labute approximate surface area is 102 Å². The van der Waals surface area contributed by atoms with E-state index in [1.165, 1.54) is 6.26 Å². The second kappa shape index (κ2) is 6.45. The van der Waals surface area contributed by atoms with E-state index in [-0.39, 0.29) is 12.5 Å². The van der Waals surface area contributed by atoms with Crippen LogP contribution in [0.3, 0.4) is 0 Å². The first-order chi connectivity index (χ1) is 8.00. The Morgan fingerprint density at radius 3 is 2.71 bits per heavy atom. The van der Waals surface area contributed by atoms with Gasteiger partial charge in [-0.3, -0.25) is 4.79 Å². The Morgan fingerprint density at radius 2 is 2.18 bits per heavy atom. The monoisotopic (exact) mass is 239 g/mol. The minimum atomic E-state index is -0.775. The molecule has 2 unspecified atom stereocenters. The summed E-state index contributed by atoms with van der Waals surface area (Å²) in [5.74, 6) is 1.27. The topological polar surface area (TPSA) is 62.5 Å². The molecular weight excluding hydrogens is 218 g/mol. The van der Waals surface area contributed by atoms with E-state index in [4.69, 9.17) is 4.42 Å². The molecule has 0 aliphatic carbocycles. The summed E-state index contributed by atoms with van der Waals surface area (Å²) in [6.07, 6.45) is 1.22. The molecule has 0 fully saturated rings. The minimum absolute atomic E-state index is 0.0307. The fourth-order valence-corrected chi connectivity index (χ4v) is 1.39. The Hall–Kier alpha value is -1.29. The summed E-state index contributed by atoms with van der Waals surface area (Å²) in [6.45, 7) is 6.43. The van der Waals surface area contributed by atoms with Gasteiger partial charge in [-0.05, 0) is 24.0 Å². The molecule has 1 aromatic heterocycles. The predicted octanol–water partition coefficient (Wildman–Crippen LogP) is 2.11. The SMILES string of the molecule is CC(C)C(C)CC(=O)NCC(O)c1ccco1. The third-order valence-electron chi connectivity index (χ3n) is 3.01. The Bertz CT molecular complexity index is 332. The molecule has 2 N–H and O–H groups in total. The smallest absolute Gasteiger partial charge is 0.220 e. The van der Waals surface area contributed by atoms with Crippen LogP contribution in [0, 0.1) is 11.8 Å². The highest BCUT2D eigenvalue weighted by molar-refractivity contribution is 5.76. The van der Waals surface area contributed by atoms with E-state index >= 15 is 0 Å². The van der Waals surface area contributed by atoms with E-state index in [1.807, 2.05) is 6.92 Å². The molecule has 0 radical (unpaired) electrons. The molecule has 2 atom stereocenters. The van der Waals surface area contributed by atoms with Crippen molar-refractivity contribution in [2.75, 3.05) is 6.54 Å². The van der Waals surface area contributed by atoms with Crippen molar-refractivity contribution in [2.45, 2.75) is 33.3 Å². The molecule has 0 bridgehead atoms. The van der Waals surface area contributed by atoms with Gasteiger partial charge in [-0.15, -0.1) is 0 Å². The third kappa shape index (κ3) is 4.61. The quantitative estimate of drug-likeness (QED) is 0.799. The first kappa shape index (κ1) is 13.8. The van der Waals surface area contributed by atoms with Gasteiger partial charge in [0.25, 0.3) is 0 Å². The van der Waals surface area contributed by atoms with Crippen LogP contribution in [-0.2, 0) is 4.79 Å². The Morgan fingerprint density at radius 1 is 1.47 bits per heavy atom. The lowest BCUT2D eigenvalue weighted by molar-refractivity contribution is -0.122. The molecule has 1 amide bonds. The van der Waals surface area contributed by atoms with Crippen molar-refractivity contribution in [3.05, 3.63) is 24.2 Å². The van der Waals surface area contributed by atoms with Gasteiger partial charge < -0.3 is 14.8 Å². The molecule has 0 aromatic carbocycles. The standard InChI is InChI=1S/C13H21NO3/c1-9(2)10(3)7-13(16)14-8-11(15)12-5-4-6-17-12/h4-6,9-11,15H,7-8H2,1-3H3,(H,14,16). The summed E-state index contributed by atoms with van der Waals surface area (Å²) in [5, 5.41) is 12.4. The molecule has 1 aromatic rings. The van der Waals surface area contributed by atoms with E-state index < -0.39 is 6.10 Å². The largest absolute Gasteiger partial charge is 0.467 e. The number of nitrogens with one attached hydrogen (secondary N) is 1. The lowest BCUT2D eigenvalue weighted by Gasteiger charge is -2.15. The van der Waals surface area contributed by atoms with Crippen molar-refractivity contribution >= 4 is 5.91 Å². The molecular formula is C13H21NO3. The fraction of sp³-hybridized carbons (Fsp3) is 0.615. The Kier molecular flexibility index (Phi) is 5.22. The van der Waals surface area contributed by atoms with Crippen LogP contribution in [0.5, 0.6) is 0 Å². The number of aliphatic hydroxyl groups is 1. The average Bonchev–Trinajstić information content (AvgIpc) is 2.79. The van der Waals surface area contributed by atoms with E-state index in [0.717, 1.165) is 0 Å². The van der Waals surface area contributed by atoms with E-state index in [1.54, 1.807) is 12.1 Å². The Balaban J connectivity index is 2.29. The van der Waals surface area contributed by atoms with Crippen LogP contribution in [0.15, 0.2) is 22.8 Å². The second-order valence-corrected chi connectivity index (χ2v) is 4.76. The van der Waals surface area contributed by atoms with Gasteiger partial charge in [0.05, 0.1) is 12.8 Å². The number of carbonyl (C=O) groups excluding carboxylic acids is 1. The maximum absolute atomic E-state index is 11.6. The van der Waals surface area contributed by atoms with Gasteiger partial charge in [-0.25, -0.2) is 0 Å². The van der Waals surface area contributed by atoms with Crippen LogP contribution in [-0.4, -0.2) is 17.6 Å². The van der Waals surface area contributed by atoms with Crippen molar-refractivity contribution in [3.8, 4) is 0 Å². The van der Waals surface area contributed by atoms with Crippen LogP contribution in [0.25, 0.3) is 0 Å². The molecule has 96 valence electrons. The summed E-state index contributed by atoms with van der Waals surface area (Å²) in [4.78, 5) is 11.6. The van der Waals surface area contributed by atoms with Crippen molar-refractivity contribution in [2.24, 2.45) is 11.8 Å². The summed E-state index contributed by atoms with van der Waals surface area (Å²) in [5.41, 5.74) is 0. The van der Waals surface area contributed by atoms with Gasteiger partial charge in [-0.1, -0.05) is 20.8 Å². The van der Waals surface area contributed by atoms with Gasteiger partial charge in [0.1, 0.15) is 11.9 Å². The number of amides is 1. The lowest BCUT2D eigenvalue weighted by atomic mass is 9.94. The van der Waals surface area contributed by atoms with Crippen molar-refractivity contribution in [1.82, 2.24) is 5.32 Å². The first-order valence-corrected chi connectivity index (χ1v) is 5.99. The zero-order valence-corrected chi connectivity index (χ0v) is 10.6. The van der Waals surface area contributed by atoms with Gasteiger partial charge in [-0.2, -0.15) is 0 Å². The number of hydrogen-bond donors (Lipinski definition) is 2. The summed E-state index contributed by atoms with van der Waals surface area (Å²) in [7, 11) is 0. The molecule has 0 spiro atoms. The number of hydrogen-bond acceptors (Lipinski definition) is 3. The molecule has 1 heterocycles. The van der Waals surface area contributed by atoms with Crippen molar-refractivity contribution in [1.29, 1.82) is 0 Å². The van der Waals surface area contributed by atoms with Crippen LogP contribution in [0.4, 0.5) is 0 Å². The summed E-state index contributed by atoms with van der Waals surface area (Å²) < 4.78 is 5.05. The van der Waals surface area contributed by atoms with Gasteiger partial charge in [0.15, 0.2) is 0 Å². The number of furan rings is 1. The van der Waals surface area contributed by atoms with E-state index in [2.05, 4.69) is 19.2 Å². The molecule has 4 nitrogen and oxygen atoms in total. The highest BCUT2D eigenvalue weighted by Crippen LogP contribution is 2.14. The van der Waals surface area contributed by atoms with E-state index in [0.29, 0.717) is 24.0 Å². The normalized spacial score (nSPS) is 14.6. The molecule has 0 saturated carbocycles. The second-order valence-electron chi connectivity index (χ2n) is 4.76. The number of aliphatic hydroxyl groups excluding tert-OH is 1. The molecule has 1 rings (SSSR count). The summed E-state index contributed by atoms with van der Waals surface area (Å²) in [6, 6.07) is 3.40. The third-order valence-corrected chi connectivity index (χ3v) is 3.01. The molecule has 0 aliphatic heterocycles. The fourth-order valence-electron chi connectivity index (χ4n) is 1.39. The van der Waals surface area contributed by atoms with Gasteiger partial charge in [0.2, 0.25) is 5.91 Å². The van der Waals surface area contributed by atoms with E-state index in [9.17, 15) is 9.90 Å². The number of carbonyl (C=O) groups is 1. The minimum Gasteiger partial charge on any atom is -0.467 e. The van der Waals surface area contributed by atoms with Crippen molar-refractivity contribution in [3.63, 3.8) is 0 Å². The van der Waals surface area contributed by atoms with Crippen LogP contribution >= 0.6 is 0 Å². The zero-order valence-electron chi connectivity index (χ0n) is 10.6. The van der Waals surface area contributed by atoms with Crippen molar-refractivity contribution < 1.29 is 14.3 Å². The molecule has 17 heavy (non-hydrogen) atoms. The lowest BCUT2D eigenvalue weighted by Crippen LogP contribution is -2.30. The highest BCUT2D eigenvalue weighted by Gasteiger charge is 2.15. The van der Waals surface area contributed by atoms with Crippen LogP contribution in [0.1, 0.15) is 39.1 Å². The predicted molar refractivity (Wildman–Crippen MR) is 65.3 cm³/mol. The van der Waals surface area contributed by atoms with Crippen LogP contribution < -0.4 is 5.32 Å². The average molecular weight is 239 g/mol. The summed E-state index contributed by atoms with van der Waals surface area (Å²) >= 11 is 0. The van der Waals surface area contributed by atoms with Gasteiger partial charge >= 0.3 is 0 Å². The number of rotatable bonds is 6. The maximum atomic E-state index is 11.6. The van der Waals surface area contributed by atoms with Crippen LogP contribution in [0.2, 0.25) is 0 Å².